The average Bonchev–Trinajstić information content (AvgIpc) is 3.08. The van der Waals surface area contributed by atoms with Crippen molar-refractivity contribution in [3.05, 3.63) is 48.0 Å². The second-order valence-electron chi connectivity index (χ2n) is 5.50. The van der Waals surface area contributed by atoms with Gasteiger partial charge in [0.2, 0.25) is 5.91 Å². The highest BCUT2D eigenvalue weighted by molar-refractivity contribution is 5.79. The standard InChI is InChI=1S/C18H19NO3.CH2O2/c1-21-15-7-8-16(17(10-15)22-2)13-5-3-12(4-6-13)14-9-18(20)19-11-14;2-1-3/h3-8,10,14H,9,11H2,1-2H3,(H,19,20);1H,(H,2,3). The first-order valence-electron chi connectivity index (χ1n) is 7.79. The Labute approximate surface area is 146 Å². The van der Waals surface area contributed by atoms with Crippen molar-refractivity contribution in [3.8, 4) is 22.6 Å². The van der Waals surface area contributed by atoms with Crippen molar-refractivity contribution in [2.75, 3.05) is 20.8 Å². The molecule has 0 spiro atoms. The van der Waals surface area contributed by atoms with Gasteiger partial charge in [-0.3, -0.25) is 9.59 Å². The number of rotatable bonds is 4. The third-order valence-electron chi connectivity index (χ3n) is 4.08. The molecule has 6 nitrogen and oxygen atoms in total. The van der Waals surface area contributed by atoms with Gasteiger partial charge in [0.1, 0.15) is 11.5 Å². The predicted octanol–water partition coefficient (Wildman–Crippen LogP) is 2.68. The van der Waals surface area contributed by atoms with Gasteiger partial charge in [-0.1, -0.05) is 24.3 Å². The van der Waals surface area contributed by atoms with Crippen LogP contribution >= 0.6 is 0 Å². The lowest BCUT2D eigenvalue weighted by Gasteiger charge is -2.12. The molecule has 1 amide bonds. The van der Waals surface area contributed by atoms with Crippen LogP contribution in [0.1, 0.15) is 17.9 Å². The van der Waals surface area contributed by atoms with Gasteiger partial charge in [0.15, 0.2) is 0 Å². The van der Waals surface area contributed by atoms with Crippen molar-refractivity contribution >= 4 is 12.4 Å². The molecule has 2 aromatic carbocycles. The molecule has 1 fully saturated rings. The molecule has 0 radical (unpaired) electrons. The van der Waals surface area contributed by atoms with E-state index in [0.717, 1.165) is 29.2 Å². The van der Waals surface area contributed by atoms with Crippen molar-refractivity contribution < 1.29 is 24.2 Å². The Morgan fingerprint density at radius 2 is 1.80 bits per heavy atom. The van der Waals surface area contributed by atoms with E-state index in [1.165, 1.54) is 5.56 Å². The van der Waals surface area contributed by atoms with E-state index in [2.05, 4.69) is 29.6 Å². The maximum Gasteiger partial charge on any atom is 0.290 e. The van der Waals surface area contributed by atoms with Gasteiger partial charge in [-0.05, 0) is 23.3 Å². The second-order valence-corrected chi connectivity index (χ2v) is 5.50. The van der Waals surface area contributed by atoms with Crippen LogP contribution in [0, 0.1) is 0 Å². The summed E-state index contributed by atoms with van der Waals surface area (Å²) in [6.07, 6.45) is 0.575. The van der Waals surface area contributed by atoms with Gasteiger partial charge in [-0.15, -0.1) is 0 Å². The lowest BCUT2D eigenvalue weighted by Crippen LogP contribution is -2.13. The summed E-state index contributed by atoms with van der Waals surface area (Å²) in [6, 6.07) is 14.1. The van der Waals surface area contributed by atoms with Crippen molar-refractivity contribution in [3.63, 3.8) is 0 Å². The summed E-state index contributed by atoms with van der Waals surface area (Å²) in [4.78, 5) is 19.7. The smallest absolute Gasteiger partial charge is 0.290 e. The summed E-state index contributed by atoms with van der Waals surface area (Å²) < 4.78 is 10.7. The molecule has 2 N–H and O–H groups in total. The molecule has 1 heterocycles. The van der Waals surface area contributed by atoms with Crippen LogP contribution < -0.4 is 14.8 Å². The predicted molar refractivity (Wildman–Crippen MR) is 94.0 cm³/mol. The highest BCUT2D eigenvalue weighted by atomic mass is 16.5. The number of hydrogen-bond acceptors (Lipinski definition) is 4. The quantitative estimate of drug-likeness (QED) is 0.834. The Kier molecular flexibility index (Phi) is 6.39. The maximum absolute atomic E-state index is 11.3. The Morgan fingerprint density at radius 3 is 2.32 bits per heavy atom. The van der Waals surface area contributed by atoms with Crippen LogP contribution in [-0.2, 0) is 9.59 Å². The summed E-state index contributed by atoms with van der Waals surface area (Å²) in [6.45, 7) is 0.476. The van der Waals surface area contributed by atoms with Crippen LogP contribution in [0.15, 0.2) is 42.5 Å². The highest BCUT2D eigenvalue weighted by Crippen LogP contribution is 2.34. The Morgan fingerprint density at radius 1 is 1.12 bits per heavy atom. The molecule has 3 rings (SSSR count). The number of amides is 1. The number of hydrogen-bond donors (Lipinski definition) is 2. The molecule has 2 aromatic rings. The fourth-order valence-corrected chi connectivity index (χ4v) is 2.81. The van der Waals surface area contributed by atoms with Gasteiger partial charge in [0, 0.05) is 30.5 Å². The lowest BCUT2D eigenvalue weighted by molar-refractivity contribution is -0.123. The summed E-state index contributed by atoms with van der Waals surface area (Å²) in [7, 11) is 3.29. The number of carbonyl (C=O) groups excluding carboxylic acids is 1. The van der Waals surface area contributed by atoms with E-state index in [9.17, 15) is 4.79 Å². The minimum atomic E-state index is -0.250. The zero-order valence-electron chi connectivity index (χ0n) is 14.2. The van der Waals surface area contributed by atoms with E-state index in [1.54, 1.807) is 14.2 Å². The molecule has 0 aliphatic carbocycles. The largest absolute Gasteiger partial charge is 0.497 e. The van der Waals surface area contributed by atoms with Gasteiger partial charge < -0.3 is 19.9 Å². The van der Waals surface area contributed by atoms with Crippen LogP contribution in [0.3, 0.4) is 0 Å². The number of ether oxygens (including phenoxy) is 2. The average molecular weight is 343 g/mol. The SMILES string of the molecule is COc1ccc(-c2ccc(C3CNC(=O)C3)cc2)c(OC)c1.O=CO. The fraction of sp³-hybridized carbons (Fsp3) is 0.263. The number of carboxylic acid groups (broad SMARTS) is 1. The molecule has 1 aliphatic rings. The first-order chi connectivity index (χ1) is 12.1. The molecule has 25 heavy (non-hydrogen) atoms. The van der Waals surface area contributed by atoms with E-state index >= 15 is 0 Å². The summed E-state index contributed by atoms with van der Waals surface area (Å²) in [5.74, 6) is 1.96. The Balaban J connectivity index is 0.000000701. The zero-order chi connectivity index (χ0) is 18.2. The minimum absolute atomic E-state index is 0.130. The van der Waals surface area contributed by atoms with E-state index in [1.807, 2.05) is 18.2 Å². The van der Waals surface area contributed by atoms with Crippen molar-refractivity contribution in [1.29, 1.82) is 0 Å². The Bertz CT molecular complexity index is 727. The first-order valence-corrected chi connectivity index (χ1v) is 7.79. The molecule has 0 saturated carbocycles. The molecule has 132 valence electrons. The maximum atomic E-state index is 11.3. The Hall–Kier alpha value is -3.02. The van der Waals surface area contributed by atoms with Crippen molar-refractivity contribution in [1.82, 2.24) is 5.32 Å². The van der Waals surface area contributed by atoms with Crippen LogP contribution in [0.4, 0.5) is 0 Å². The molecular weight excluding hydrogens is 322 g/mol. The first kappa shape index (κ1) is 18.3. The molecule has 1 saturated heterocycles. The van der Waals surface area contributed by atoms with E-state index in [-0.39, 0.29) is 18.3 Å². The zero-order valence-corrected chi connectivity index (χ0v) is 14.2. The van der Waals surface area contributed by atoms with Crippen LogP contribution in [0.5, 0.6) is 11.5 Å². The van der Waals surface area contributed by atoms with Crippen LogP contribution in [0.2, 0.25) is 0 Å². The molecular formula is C19H21NO5. The third-order valence-corrected chi connectivity index (χ3v) is 4.08. The van der Waals surface area contributed by atoms with Crippen molar-refractivity contribution in [2.24, 2.45) is 0 Å². The summed E-state index contributed by atoms with van der Waals surface area (Å²) in [5, 5.41) is 9.76. The molecule has 0 bridgehead atoms. The summed E-state index contributed by atoms with van der Waals surface area (Å²) >= 11 is 0. The van der Waals surface area contributed by atoms with Gasteiger partial charge in [-0.2, -0.15) is 0 Å². The van der Waals surface area contributed by atoms with E-state index in [0.29, 0.717) is 6.42 Å². The van der Waals surface area contributed by atoms with E-state index in [4.69, 9.17) is 19.4 Å². The molecule has 1 aliphatic heterocycles. The minimum Gasteiger partial charge on any atom is -0.497 e. The number of benzene rings is 2. The van der Waals surface area contributed by atoms with Gasteiger partial charge in [0.25, 0.3) is 6.47 Å². The van der Waals surface area contributed by atoms with Crippen LogP contribution in [-0.4, -0.2) is 38.3 Å². The highest BCUT2D eigenvalue weighted by Gasteiger charge is 2.22. The van der Waals surface area contributed by atoms with Crippen molar-refractivity contribution in [2.45, 2.75) is 12.3 Å². The molecule has 1 atom stereocenters. The number of carbonyl (C=O) groups is 2. The second kappa shape index (κ2) is 8.73. The molecule has 0 aromatic heterocycles. The fourth-order valence-electron chi connectivity index (χ4n) is 2.81. The van der Waals surface area contributed by atoms with E-state index < -0.39 is 0 Å². The van der Waals surface area contributed by atoms with Gasteiger partial charge in [0.05, 0.1) is 14.2 Å². The summed E-state index contributed by atoms with van der Waals surface area (Å²) in [5.41, 5.74) is 3.30. The topological polar surface area (TPSA) is 84.9 Å². The normalized spacial score (nSPS) is 15.6. The van der Waals surface area contributed by atoms with Gasteiger partial charge in [-0.25, -0.2) is 0 Å². The lowest BCUT2D eigenvalue weighted by atomic mass is 9.95. The number of nitrogens with one attached hydrogen (secondary N) is 1. The van der Waals surface area contributed by atoms with Crippen LogP contribution in [0.25, 0.3) is 11.1 Å². The monoisotopic (exact) mass is 343 g/mol. The molecule has 6 heteroatoms. The molecule has 1 unspecified atom stereocenters. The third kappa shape index (κ3) is 4.50. The van der Waals surface area contributed by atoms with Gasteiger partial charge >= 0.3 is 0 Å². The number of methoxy groups -OCH3 is 2.